The standard InChI is InChI=1S/C37H34N3/c1-20-25-8-4-5-9-26(25)21(2)34-31(20)35-33-29(38-19-39(35)3)15-28(32-27-10-6-7-11-30(27)40(34)36(32)33)37-16-22-12-23(17-37)14-24(13-22)18-37/h4-11,15,19,22-24H,12-14,16-18H2,1-3H3/q+1. The van der Waals surface area contributed by atoms with Crippen LogP contribution in [-0.4, -0.2) is 9.38 Å². The van der Waals surface area contributed by atoms with Gasteiger partial charge in [0.15, 0.2) is 5.52 Å². The summed E-state index contributed by atoms with van der Waals surface area (Å²) < 4.78 is 4.93. The summed E-state index contributed by atoms with van der Waals surface area (Å²) in [5, 5.41) is 8.33. The zero-order chi connectivity index (χ0) is 26.5. The van der Waals surface area contributed by atoms with Gasteiger partial charge in [0.2, 0.25) is 0 Å². The Morgan fingerprint density at radius 1 is 0.750 bits per heavy atom. The average Bonchev–Trinajstić information content (AvgIpc) is 3.30. The number of aromatic nitrogens is 3. The maximum Gasteiger partial charge on any atom is 0.287 e. The Balaban J connectivity index is 1.51. The molecular formula is C37H34N3+. The van der Waals surface area contributed by atoms with Crippen molar-refractivity contribution in [1.82, 2.24) is 9.38 Å². The summed E-state index contributed by atoms with van der Waals surface area (Å²) in [7, 11) is 2.19. The number of nitrogens with zero attached hydrogens (tertiary/aromatic N) is 3. The normalized spacial score (nSPS) is 26.1. The molecule has 4 bridgehead atoms. The summed E-state index contributed by atoms with van der Waals surface area (Å²) in [4.78, 5) is 5.16. The first kappa shape index (κ1) is 22.0. The second-order valence-corrected chi connectivity index (χ2v) is 13.8. The molecule has 4 aromatic carbocycles. The molecular weight excluding hydrogens is 486 g/mol. The fraction of sp³-hybridized carbons (Fsp3) is 0.351. The lowest BCUT2D eigenvalue weighted by Gasteiger charge is -2.57. The van der Waals surface area contributed by atoms with Crippen LogP contribution in [0.2, 0.25) is 0 Å². The molecule has 196 valence electrons. The Hall–Kier alpha value is -3.72. The minimum atomic E-state index is 0.298. The molecule has 3 heteroatoms. The molecule has 11 rings (SSSR count). The smallest absolute Gasteiger partial charge is 0.287 e. The molecule has 4 saturated carbocycles. The highest BCUT2D eigenvalue weighted by Crippen LogP contribution is 2.62. The largest absolute Gasteiger partial charge is 0.307 e. The number of hydrogen-bond acceptors (Lipinski definition) is 1. The Kier molecular flexibility index (Phi) is 3.92. The zero-order valence-electron chi connectivity index (χ0n) is 23.6. The van der Waals surface area contributed by atoms with E-state index < -0.39 is 0 Å². The van der Waals surface area contributed by atoms with Crippen molar-refractivity contribution in [1.29, 1.82) is 0 Å². The predicted molar refractivity (Wildman–Crippen MR) is 164 cm³/mol. The highest BCUT2D eigenvalue weighted by molar-refractivity contribution is 6.29. The van der Waals surface area contributed by atoms with Crippen LogP contribution in [0.3, 0.4) is 0 Å². The molecule has 7 aromatic rings. The second-order valence-electron chi connectivity index (χ2n) is 13.8. The van der Waals surface area contributed by atoms with E-state index >= 15 is 0 Å². The lowest BCUT2D eigenvalue weighted by atomic mass is 9.47. The topological polar surface area (TPSA) is 21.2 Å². The number of hydrogen-bond donors (Lipinski definition) is 0. The van der Waals surface area contributed by atoms with Crippen LogP contribution in [0.5, 0.6) is 0 Å². The second kappa shape index (κ2) is 7.13. The van der Waals surface area contributed by atoms with E-state index in [9.17, 15) is 0 Å². The van der Waals surface area contributed by atoms with E-state index in [0.717, 1.165) is 17.8 Å². The first-order valence-corrected chi connectivity index (χ1v) is 15.3. The maximum atomic E-state index is 5.16. The summed E-state index contributed by atoms with van der Waals surface area (Å²) >= 11 is 0. The highest BCUT2D eigenvalue weighted by Gasteiger charge is 2.52. The SMILES string of the molecule is Cc1c2ccccc2c(C)c2c1c1c3c(cc(C45CC6CC(CC(C6)C4)C5)c4c5ccccc5n2c43)nc[n+]1C. The van der Waals surface area contributed by atoms with Crippen molar-refractivity contribution in [3.05, 3.63) is 77.6 Å². The number of aryl methyl sites for hydroxylation is 3. The Bertz CT molecular complexity index is 2200. The summed E-state index contributed by atoms with van der Waals surface area (Å²) in [6.45, 7) is 4.66. The van der Waals surface area contributed by atoms with E-state index in [1.807, 2.05) is 0 Å². The number of benzene rings is 4. The molecule has 0 amide bonds. The van der Waals surface area contributed by atoms with E-state index in [-0.39, 0.29) is 0 Å². The number of para-hydroxylation sites is 1. The fourth-order valence-electron chi connectivity index (χ4n) is 10.6. The third kappa shape index (κ3) is 2.46. The molecule has 4 aliphatic carbocycles. The van der Waals surface area contributed by atoms with Gasteiger partial charge in [-0.2, -0.15) is 0 Å². The van der Waals surface area contributed by atoms with E-state index in [2.05, 4.69) is 90.8 Å². The van der Waals surface area contributed by atoms with Crippen molar-refractivity contribution in [3.63, 3.8) is 0 Å². The highest BCUT2D eigenvalue weighted by atomic mass is 15.0. The quantitative estimate of drug-likeness (QED) is 0.121. The third-order valence-corrected chi connectivity index (χ3v) is 11.6. The van der Waals surface area contributed by atoms with Crippen LogP contribution in [0, 0.1) is 31.6 Å². The summed E-state index contributed by atoms with van der Waals surface area (Å²) in [6, 6.07) is 20.8. The molecule has 3 heterocycles. The van der Waals surface area contributed by atoms with Gasteiger partial charge >= 0.3 is 0 Å². The molecule has 0 saturated heterocycles. The van der Waals surface area contributed by atoms with Crippen LogP contribution in [-0.2, 0) is 12.5 Å². The predicted octanol–water partition coefficient (Wildman–Crippen LogP) is 8.45. The minimum Gasteiger partial charge on any atom is -0.307 e. The van der Waals surface area contributed by atoms with Crippen molar-refractivity contribution in [2.24, 2.45) is 24.8 Å². The Morgan fingerprint density at radius 3 is 2.08 bits per heavy atom. The van der Waals surface area contributed by atoms with Crippen LogP contribution in [0.15, 0.2) is 60.9 Å². The van der Waals surface area contributed by atoms with E-state index in [0.29, 0.717) is 5.41 Å². The lowest BCUT2D eigenvalue weighted by molar-refractivity contribution is -0.646. The molecule has 0 N–H and O–H groups in total. The van der Waals surface area contributed by atoms with Crippen molar-refractivity contribution >= 4 is 59.9 Å². The van der Waals surface area contributed by atoms with Crippen LogP contribution in [0.25, 0.3) is 59.9 Å². The summed E-state index contributed by atoms with van der Waals surface area (Å²) in [5.41, 5.74) is 11.2. The van der Waals surface area contributed by atoms with Gasteiger partial charge in [-0.3, -0.25) is 0 Å². The summed E-state index contributed by atoms with van der Waals surface area (Å²) in [6.07, 6.45) is 10.6. The van der Waals surface area contributed by atoms with Gasteiger partial charge in [0.05, 0.1) is 34.4 Å². The van der Waals surface area contributed by atoms with Crippen molar-refractivity contribution in [2.45, 2.75) is 57.8 Å². The van der Waals surface area contributed by atoms with Gasteiger partial charge in [0, 0.05) is 10.8 Å². The van der Waals surface area contributed by atoms with Crippen LogP contribution >= 0.6 is 0 Å². The molecule has 0 atom stereocenters. The van der Waals surface area contributed by atoms with Gasteiger partial charge < -0.3 is 4.40 Å². The van der Waals surface area contributed by atoms with Gasteiger partial charge in [-0.1, -0.05) is 42.5 Å². The molecule has 0 aliphatic heterocycles. The van der Waals surface area contributed by atoms with Gasteiger partial charge in [0.1, 0.15) is 5.52 Å². The van der Waals surface area contributed by atoms with E-state index in [1.54, 1.807) is 5.56 Å². The minimum absolute atomic E-state index is 0.298. The van der Waals surface area contributed by atoms with Gasteiger partial charge in [-0.25, -0.2) is 4.57 Å². The van der Waals surface area contributed by atoms with Crippen LogP contribution < -0.4 is 4.57 Å². The lowest BCUT2D eigenvalue weighted by Crippen LogP contribution is -2.48. The van der Waals surface area contributed by atoms with Crippen LogP contribution in [0.4, 0.5) is 0 Å². The van der Waals surface area contributed by atoms with Gasteiger partial charge in [0.25, 0.3) is 6.33 Å². The van der Waals surface area contributed by atoms with E-state index in [4.69, 9.17) is 4.98 Å². The average molecular weight is 521 g/mol. The molecule has 0 spiro atoms. The first-order chi connectivity index (χ1) is 19.5. The maximum absolute atomic E-state index is 5.16. The van der Waals surface area contributed by atoms with Gasteiger partial charge in [-0.05, 0) is 120 Å². The number of rotatable bonds is 1. The molecule has 0 unspecified atom stereocenters. The monoisotopic (exact) mass is 520 g/mol. The molecule has 0 radical (unpaired) electrons. The Morgan fingerprint density at radius 2 is 1.38 bits per heavy atom. The fourth-order valence-corrected chi connectivity index (χ4v) is 10.6. The zero-order valence-corrected chi connectivity index (χ0v) is 23.6. The van der Waals surface area contributed by atoms with Gasteiger partial charge in [-0.15, -0.1) is 0 Å². The molecule has 4 aliphatic rings. The summed E-state index contributed by atoms with van der Waals surface area (Å²) in [5.74, 6) is 2.73. The van der Waals surface area contributed by atoms with Crippen molar-refractivity contribution in [3.8, 4) is 0 Å². The molecule has 40 heavy (non-hydrogen) atoms. The third-order valence-electron chi connectivity index (χ3n) is 11.6. The molecule has 3 aromatic heterocycles. The number of fused-ring (bicyclic) bond motifs is 7. The molecule has 3 nitrogen and oxygen atoms in total. The van der Waals surface area contributed by atoms with Crippen molar-refractivity contribution < 1.29 is 4.57 Å². The number of pyridine rings is 1. The Labute approximate surface area is 233 Å². The van der Waals surface area contributed by atoms with Crippen LogP contribution in [0.1, 0.15) is 55.2 Å². The molecule has 4 fully saturated rings. The van der Waals surface area contributed by atoms with E-state index in [1.165, 1.54) is 110 Å². The van der Waals surface area contributed by atoms with Crippen molar-refractivity contribution in [2.75, 3.05) is 0 Å². The first-order valence-electron chi connectivity index (χ1n) is 15.3.